The third kappa shape index (κ3) is 1.50. The molecule has 0 bridgehead atoms. The van der Waals surface area contributed by atoms with Crippen LogP contribution in [0.4, 0.5) is 0 Å². The summed E-state index contributed by atoms with van der Waals surface area (Å²) in [4.78, 5) is 12.2. The average Bonchev–Trinajstić information content (AvgIpc) is 2.34. The Morgan fingerprint density at radius 3 is 3.00 bits per heavy atom. The number of amides is 1. The van der Waals surface area contributed by atoms with Crippen LogP contribution >= 0.6 is 15.9 Å². The molecule has 0 saturated heterocycles. The number of allylic oxidation sites excluding steroid dienone is 1. The standard InChI is InChI=1S/C6H8BrNO2/c1-5(9)8-3-6(2-7)10-4-8/h3H,2,4H2,1H3. The fraction of sp³-hybridized carbons (Fsp3) is 0.500. The highest BCUT2D eigenvalue weighted by atomic mass is 79.9. The summed E-state index contributed by atoms with van der Waals surface area (Å²) in [6, 6.07) is 0. The van der Waals surface area contributed by atoms with Crippen molar-refractivity contribution in [3.8, 4) is 0 Å². The van der Waals surface area contributed by atoms with Crippen LogP contribution in [-0.4, -0.2) is 22.9 Å². The maximum atomic E-state index is 10.7. The second-order valence-electron chi connectivity index (χ2n) is 1.99. The molecule has 0 aromatic carbocycles. The van der Waals surface area contributed by atoms with Crippen LogP contribution in [0.5, 0.6) is 0 Å². The number of rotatable bonds is 1. The molecule has 3 nitrogen and oxygen atoms in total. The molecule has 1 amide bonds. The number of nitrogens with zero attached hydrogens (tertiary/aromatic N) is 1. The van der Waals surface area contributed by atoms with Gasteiger partial charge in [0, 0.05) is 13.1 Å². The molecular formula is C6H8BrNO2. The molecule has 0 atom stereocenters. The minimum Gasteiger partial charge on any atom is -0.475 e. The highest BCUT2D eigenvalue weighted by Crippen LogP contribution is 2.12. The van der Waals surface area contributed by atoms with Gasteiger partial charge in [-0.25, -0.2) is 0 Å². The van der Waals surface area contributed by atoms with E-state index >= 15 is 0 Å². The summed E-state index contributed by atoms with van der Waals surface area (Å²) in [7, 11) is 0. The minimum absolute atomic E-state index is 0.0101. The zero-order valence-electron chi connectivity index (χ0n) is 5.63. The summed E-state index contributed by atoms with van der Waals surface area (Å²) in [6.07, 6.45) is 1.71. The summed E-state index contributed by atoms with van der Waals surface area (Å²) < 4.78 is 5.10. The predicted octanol–water partition coefficient (Wildman–Crippen LogP) is 1.06. The van der Waals surface area contributed by atoms with Gasteiger partial charge in [0.25, 0.3) is 0 Å². The van der Waals surface area contributed by atoms with Crippen molar-refractivity contribution in [1.29, 1.82) is 0 Å². The highest BCUT2D eigenvalue weighted by molar-refractivity contribution is 9.09. The Labute approximate surface area is 67.8 Å². The first kappa shape index (κ1) is 7.60. The summed E-state index contributed by atoms with van der Waals surface area (Å²) in [5.41, 5.74) is 0. The van der Waals surface area contributed by atoms with Gasteiger partial charge in [-0.1, -0.05) is 15.9 Å². The van der Waals surface area contributed by atoms with E-state index in [-0.39, 0.29) is 5.91 Å². The van der Waals surface area contributed by atoms with Crippen molar-refractivity contribution in [3.63, 3.8) is 0 Å². The molecule has 4 heteroatoms. The van der Waals surface area contributed by atoms with Gasteiger partial charge in [0.1, 0.15) is 5.76 Å². The largest absolute Gasteiger partial charge is 0.475 e. The quantitative estimate of drug-likeness (QED) is 0.600. The Balaban J connectivity index is 2.55. The lowest BCUT2D eigenvalue weighted by Crippen LogP contribution is -2.20. The van der Waals surface area contributed by atoms with Crippen molar-refractivity contribution >= 4 is 21.8 Å². The molecule has 1 heterocycles. The van der Waals surface area contributed by atoms with E-state index in [9.17, 15) is 4.79 Å². The van der Waals surface area contributed by atoms with Crippen LogP contribution in [0.3, 0.4) is 0 Å². The fourth-order valence-electron chi connectivity index (χ4n) is 0.656. The monoisotopic (exact) mass is 205 g/mol. The first-order valence-electron chi connectivity index (χ1n) is 2.90. The lowest BCUT2D eigenvalue weighted by molar-refractivity contribution is -0.127. The number of carbonyl (C=O) groups excluding carboxylic acids is 1. The number of alkyl halides is 1. The van der Waals surface area contributed by atoms with Crippen LogP contribution in [-0.2, 0) is 9.53 Å². The van der Waals surface area contributed by atoms with Gasteiger partial charge in [-0.3, -0.25) is 9.69 Å². The van der Waals surface area contributed by atoms with Gasteiger partial charge in [-0.05, 0) is 0 Å². The molecular weight excluding hydrogens is 198 g/mol. The van der Waals surface area contributed by atoms with Gasteiger partial charge in [0.2, 0.25) is 5.91 Å². The molecule has 1 aliphatic rings. The number of ether oxygens (including phenoxy) is 1. The fourth-order valence-corrected chi connectivity index (χ4v) is 0.962. The molecule has 0 saturated carbocycles. The van der Waals surface area contributed by atoms with Crippen molar-refractivity contribution in [1.82, 2.24) is 4.90 Å². The van der Waals surface area contributed by atoms with E-state index in [1.54, 1.807) is 6.20 Å². The van der Waals surface area contributed by atoms with Crippen LogP contribution in [0.25, 0.3) is 0 Å². The molecule has 0 N–H and O–H groups in total. The van der Waals surface area contributed by atoms with Crippen molar-refractivity contribution in [3.05, 3.63) is 12.0 Å². The Hall–Kier alpha value is -0.510. The smallest absolute Gasteiger partial charge is 0.226 e. The van der Waals surface area contributed by atoms with E-state index < -0.39 is 0 Å². The van der Waals surface area contributed by atoms with Crippen molar-refractivity contribution in [2.45, 2.75) is 6.92 Å². The Kier molecular flexibility index (Phi) is 2.32. The normalized spacial score (nSPS) is 16.6. The maximum Gasteiger partial charge on any atom is 0.226 e. The Morgan fingerprint density at radius 1 is 2.00 bits per heavy atom. The highest BCUT2D eigenvalue weighted by Gasteiger charge is 2.14. The van der Waals surface area contributed by atoms with E-state index in [1.807, 2.05) is 0 Å². The van der Waals surface area contributed by atoms with Crippen molar-refractivity contribution < 1.29 is 9.53 Å². The average molecular weight is 206 g/mol. The van der Waals surface area contributed by atoms with E-state index in [1.165, 1.54) is 11.8 Å². The zero-order valence-corrected chi connectivity index (χ0v) is 7.22. The zero-order chi connectivity index (χ0) is 7.56. The summed E-state index contributed by atoms with van der Waals surface area (Å²) >= 11 is 3.22. The lowest BCUT2D eigenvalue weighted by atomic mass is 10.6. The van der Waals surface area contributed by atoms with Crippen LogP contribution in [0.2, 0.25) is 0 Å². The van der Waals surface area contributed by atoms with Gasteiger partial charge in [-0.2, -0.15) is 0 Å². The van der Waals surface area contributed by atoms with Gasteiger partial charge in [-0.15, -0.1) is 0 Å². The topological polar surface area (TPSA) is 29.5 Å². The van der Waals surface area contributed by atoms with E-state index in [2.05, 4.69) is 15.9 Å². The Bertz CT molecular complexity index is 179. The SMILES string of the molecule is CC(=O)N1C=C(CBr)OC1. The molecule has 1 rings (SSSR count). The molecule has 0 radical (unpaired) electrons. The van der Waals surface area contributed by atoms with E-state index in [0.29, 0.717) is 12.1 Å². The summed E-state index contributed by atoms with van der Waals surface area (Å²) in [5, 5.41) is 0.663. The van der Waals surface area contributed by atoms with Crippen LogP contribution in [0.1, 0.15) is 6.92 Å². The molecule has 1 aliphatic heterocycles. The first-order chi connectivity index (χ1) is 4.74. The Morgan fingerprint density at radius 2 is 2.70 bits per heavy atom. The van der Waals surface area contributed by atoms with Crippen LogP contribution in [0, 0.1) is 0 Å². The molecule has 0 spiro atoms. The van der Waals surface area contributed by atoms with Crippen molar-refractivity contribution in [2.24, 2.45) is 0 Å². The third-order valence-electron chi connectivity index (χ3n) is 1.23. The molecule has 0 aliphatic carbocycles. The van der Waals surface area contributed by atoms with Crippen LogP contribution in [0.15, 0.2) is 12.0 Å². The molecule has 0 aromatic rings. The van der Waals surface area contributed by atoms with Gasteiger partial charge in [0.15, 0.2) is 6.73 Å². The van der Waals surface area contributed by atoms with E-state index in [0.717, 1.165) is 5.76 Å². The number of hydrogen-bond donors (Lipinski definition) is 0. The molecule has 10 heavy (non-hydrogen) atoms. The number of hydrogen-bond acceptors (Lipinski definition) is 2. The second kappa shape index (κ2) is 3.05. The van der Waals surface area contributed by atoms with Gasteiger partial charge < -0.3 is 4.74 Å². The van der Waals surface area contributed by atoms with Gasteiger partial charge in [0.05, 0.1) is 5.33 Å². The minimum atomic E-state index is 0.0101. The summed E-state index contributed by atoms with van der Waals surface area (Å²) in [6.45, 7) is 1.87. The number of halogens is 1. The summed E-state index contributed by atoms with van der Waals surface area (Å²) in [5.74, 6) is 0.811. The third-order valence-corrected chi connectivity index (χ3v) is 1.78. The molecule has 0 unspecified atom stereocenters. The molecule has 0 aromatic heterocycles. The van der Waals surface area contributed by atoms with Crippen LogP contribution < -0.4 is 0 Å². The lowest BCUT2D eigenvalue weighted by Gasteiger charge is -2.05. The predicted molar refractivity (Wildman–Crippen MR) is 40.3 cm³/mol. The first-order valence-corrected chi connectivity index (χ1v) is 4.03. The maximum absolute atomic E-state index is 10.7. The molecule has 0 fully saturated rings. The van der Waals surface area contributed by atoms with Gasteiger partial charge >= 0.3 is 0 Å². The molecule has 56 valence electrons. The number of carbonyl (C=O) groups is 1. The second-order valence-corrected chi connectivity index (χ2v) is 2.55. The van der Waals surface area contributed by atoms with Crippen molar-refractivity contribution in [2.75, 3.05) is 12.1 Å². The van der Waals surface area contributed by atoms with E-state index in [4.69, 9.17) is 4.74 Å².